The summed E-state index contributed by atoms with van der Waals surface area (Å²) in [7, 11) is 1.85. The summed E-state index contributed by atoms with van der Waals surface area (Å²) in [4.78, 5) is 8.95. The molecule has 1 aromatic heterocycles. The second-order valence-corrected chi connectivity index (χ2v) is 5.19. The normalized spacial score (nSPS) is 15.8. The molecule has 0 aromatic carbocycles. The Morgan fingerprint density at radius 1 is 1.35 bits per heavy atom. The molecule has 0 saturated heterocycles. The lowest BCUT2D eigenvalue weighted by Gasteiger charge is -2.24. The number of aromatic nitrogens is 2. The number of rotatable bonds is 5. The van der Waals surface area contributed by atoms with Gasteiger partial charge in [-0.15, -0.1) is 0 Å². The van der Waals surface area contributed by atoms with Crippen molar-refractivity contribution in [3.8, 4) is 0 Å². The van der Waals surface area contributed by atoms with Gasteiger partial charge in [-0.25, -0.2) is 9.97 Å². The van der Waals surface area contributed by atoms with Gasteiger partial charge in [0.1, 0.15) is 17.5 Å². The maximum Gasteiger partial charge on any atom is 0.136 e. The van der Waals surface area contributed by atoms with Gasteiger partial charge in [-0.05, 0) is 26.7 Å². The van der Waals surface area contributed by atoms with Gasteiger partial charge >= 0.3 is 0 Å². The molecule has 1 heterocycles. The molecule has 94 valence electrons. The minimum atomic E-state index is -0.375. The van der Waals surface area contributed by atoms with E-state index in [0.29, 0.717) is 5.92 Å². The van der Waals surface area contributed by atoms with Gasteiger partial charge < -0.3 is 15.7 Å². The molecular weight excluding hydrogens is 216 g/mol. The van der Waals surface area contributed by atoms with Crippen LogP contribution in [0.25, 0.3) is 0 Å². The molecule has 1 aliphatic rings. The lowest BCUT2D eigenvalue weighted by molar-refractivity contribution is 0.234. The molecule has 5 nitrogen and oxygen atoms in total. The molecule has 3 N–H and O–H groups in total. The fraction of sp³-hybridized carbons (Fsp3) is 0.667. The molecule has 0 atom stereocenters. The summed E-state index contributed by atoms with van der Waals surface area (Å²) >= 11 is 0. The zero-order valence-corrected chi connectivity index (χ0v) is 10.6. The van der Waals surface area contributed by atoms with Crippen molar-refractivity contribution in [3.63, 3.8) is 0 Å². The quantitative estimate of drug-likeness (QED) is 0.724. The van der Waals surface area contributed by atoms with Crippen LogP contribution in [0.1, 0.15) is 38.4 Å². The molecule has 2 rings (SSSR count). The first-order chi connectivity index (χ1) is 8.04. The largest absolute Gasteiger partial charge is 0.394 e. The molecule has 17 heavy (non-hydrogen) atoms. The number of aliphatic hydroxyl groups excluding tert-OH is 1. The topological polar surface area (TPSA) is 70.1 Å². The van der Waals surface area contributed by atoms with Crippen LogP contribution < -0.4 is 10.6 Å². The predicted molar refractivity (Wildman–Crippen MR) is 68.3 cm³/mol. The van der Waals surface area contributed by atoms with Crippen LogP contribution >= 0.6 is 0 Å². The van der Waals surface area contributed by atoms with Crippen LogP contribution in [-0.2, 0) is 0 Å². The summed E-state index contributed by atoms with van der Waals surface area (Å²) < 4.78 is 0. The molecule has 1 aromatic rings. The highest BCUT2D eigenvalue weighted by molar-refractivity contribution is 5.49. The molecule has 5 heteroatoms. The maximum atomic E-state index is 9.25. The van der Waals surface area contributed by atoms with Crippen LogP contribution in [0.2, 0.25) is 0 Å². The third kappa shape index (κ3) is 3.06. The smallest absolute Gasteiger partial charge is 0.136 e. The first-order valence-electron chi connectivity index (χ1n) is 6.00. The van der Waals surface area contributed by atoms with Crippen molar-refractivity contribution in [2.75, 3.05) is 24.3 Å². The van der Waals surface area contributed by atoms with Crippen molar-refractivity contribution in [1.82, 2.24) is 9.97 Å². The van der Waals surface area contributed by atoms with E-state index in [2.05, 4.69) is 20.6 Å². The van der Waals surface area contributed by atoms with Crippen LogP contribution in [0.3, 0.4) is 0 Å². The molecule has 1 aliphatic carbocycles. The van der Waals surface area contributed by atoms with Crippen molar-refractivity contribution in [2.24, 2.45) is 0 Å². The second kappa shape index (κ2) is 4.49. The van der Waals surface area contributed by atoms with Gasteiger partial charge in [-0.1, -0.05) is 0 Å². The van der Waals surface area contributed by atoms with Gasteiger partial charge in [-0.2, -0.15) is 0 Å². The van der Waals surface area contributed by atoms with Gasteiger partial charge in [0.05, 0.1) is 12.1 Å². The van der Waals surface area contributed by atoms with Crippen molar-refractivity contribution in [3.05, 3.63) is 11.9 Å². The molecule has 0 spiro atoms. The molecule has 1 fully saturated rings. The van der Waals surface area contributed by atoms with E-state index < -0.39 is 0 Å². The van der Waals surface area contributed by atoms with Crippen LogP contribution in [0.5, 0.6) is 0 Å². The highest BCUT2D eigenvalue weighted by Gasteiger charge is 2.28. The Morgan fingerprint density at radius 2 is 2.00 bits per heavy atom. The van der Waals surface area contributed by atoms with E-state index in [1.165, 1.54) is 12.8 Å². The third-order valence-corrected chi connectivity index (χ3v) is 2.80. The van der Waals surface area contributed by atoms with Gasteiger partial charge in [-0.3, -0.25) is 0 Å². The number of aliphatic hydroxyl groups is 1. The Balaban J connectivity index is 2.23. The first-order valence-corrected chi connectivity index (χ1v) is 6.00. The summed E-state index contributed by atoms with van der Waals surface area (Å²) in [5.74, 6) is 3.00. The second-order valence-electron chi connectivity index (χ2n) is 5.19. The summed E-state index contributed by atoms with van der Waals surface area (Å²) in [6, 6.07) is 1.86. The Kier molecular flexibility index (Phi) is 3.19. The third-order valence-electron chi connectivity index (χ3n) is 2.80. The van der Waals surface area contributed by atoms with Crippen LogP contribution in [0.15, 0.2) is 6.07 Å². The number of anilines is 2. The van der Waals surface area contributed by atoms with Crippen molar-refractivity contribution < 1.29 is 5.11 Å². The van der Waals surface area contributed by atoms with E-state index in [1.807, 2.05) is 27.0 Å². The van der Waals surface area contributed by atoms with Gasteiger partial charge in [0.25, 0.3) is 0 Å². The van der Waals surface area contributed by atoms with Crippen molar-refractivity contribution in [1.29, 1.82) is 0 Å². The van der Waals surface area contributed by atoms with E-state index in [0.717, 1.165) is 17.5 Å². The lowest BCUT2D eigenvalue weighted by Crippen LogP contribution is -2.35. The molecule has 1 saturated carbocycles. The Morgan fingerprint density at radius 3 is 2.53 bits per heavy atom. The molecule has 0 radical (unpaired) electrons. The summed E-state index contributed by atoms with van der Waals surface area (Å²) in [5, 5.41) is 15.5. The predicted octanol–water partition coefficient (Wildman–Crippen LogP) is 1.58. The van der Waals surface area contributed by atoms with Crippen LogP contribution in [-0.4, -0.2) is 34.3 Å². The lowest BCUT2D eigenvalue weighted by atomic mass is 10.1. The minimum absolute atomic E-state index is 0.0602. The van der Waals surface area contributed by atoms with Gasteiger partial charge in [0, 0.05) is 19.0 Å². The van der Waals surface area contributed by atoms with Crippen LogP contribution in [0.4, 0.5) is 11.6 Å². The monoisotopic (exact) mass is 236 g/mol. The van der Waals surface area contributed by atoms with Gasteiger partial charge in [0.2, 0.25) is 0 Å². The molecule has 0 amide bonds. The average Bonchev–Trinajstić information content (AvgIpc) is 3.12. The number of hydrogen-bond acceptors (Lipinski definition) is 5. The maximum absolute atomic E-state index is 9.25. The van der Waals surface area contributed by atoms with E-state index in [1.54, 1.807) is 0 Å². The first kappa shape index (κ1) is 12.1. The molecule has 0 aliphatic heterocycles. The number of nitrogens with zero attached hydrogens (tertiary/aromatic N) is 2. The fourth-order valence-corrected chi connectivity index (χ4v) is 1.57. The Labute approximate surface area is 102 Å². The van der Waals surface area contributed by atoms with E-state index in [9.17, 15) is 5.11 Å². The average molecular weight is 236 g/mol. The minimum Gasteiger partial charge on any atom is -0.394 e. The zero-order chi connectivity index (χ0) is 12.5. The zero-order valence-electron chi connectivity index (χ0n) is 10.6. The number of hydrogen-bond donors (Lipinski definition) is 3. The van der Waals surface area contributed by atoms with Gasteiger partial charge in [0.15, 0.2) is 0 Å². The molecule has 0 unspecified atom stereocenters. The highest BCUT2D eigenvalue weighted by atomic mass is 16.3. The van der Waals surface area contributed by atoms with Crippen LogP contribution in [0, 0.1) is 0 Å². The summed E-state index contributed by atoms with van der Waals surface area (Å²) in [5.41, 5.74) is -0.375. The van der Waals surface area contributed by atoms with E-state index in [-0.39, 0.29) is 12.1 Å². The SMILES string of the molecule is CNc1cc(NC(C)(C)CO)nc(C2CC2)n1. The number of nitrogens with one attached hydrogen (secondary N) is 2. The van der Waals surface area contributed by atoms with Crippen molar-refractivity contribution >= 4 is 11.6 Å². The molecular formula is C12H20N4O. The summed E-state index contributed by atoms with van der Waals surface area (Å²) in [6.45, 7) is 3.93. The van der Waals surface area contributed by atoms with E-state index >= 15 is 0 Å². The molecule has 0 bridgehead atoms. The summed E-state index contributed by atoms with van der Waals surface area (Å²) in [6.07, 6.45) is 2.35. The standard InChI is InChI=1S/C12H20N4O/c1-12(2,7-17)16-10-6-9(13-3)14-11(15-10)8-4-5-8/h6,8,17H,4-5,7H2,1-3H3,(H2,13,14,15,16). The Hall–Kier alpha value is -1.36. The van der Waals surface area contributed by atoms with E-state index in [4.69, 9.17) is 0 Å². The Bertz CT molecular complexity index is 401. The van der Waals surface area contributed by atoms with Crippen molar-refractivity contribution in [2.45, 2.75) is 38.1 Å². The highest BCUT2D eigenvalue weighted by Crippen LogP contribution is 2.38. The fourth-order valence-electron chi connectivity index (χ4n) is 1.57.